The van der Waals surface area contributed by atoms with Crippen LogP contribution in [0.5, 0.6) is 0 Å². The van der Waals surface area contributed by atoms with Crippen LogP contribution in [0.15, 0.2) is 53.9 Å². The fourth-order valence-corrected chi connectivity index (χ4v) is 4.48. The lowest BCUT2D eigenvalue weighted by Crippen LogP contribution is -2.55. The maximum atomic E-state index is 13.4. The van der Waals surface area contributed by atoms with Crippen molar-refractivity contribution in [1.82, 2.24) is 0 Å². The maximum absolute atomic E-state index is 13.4. The van der Waals surface area contributed by atoms with Gasteiger partial charge in [0.1, 0.15) is 17.9 Å². The number of rotatable bonds is 3. The Morgan fingerprint density at radius 1 is 1.04 bits per heavy atom. The average Bonchev–Trinajstić information content (AvgIpc) is 3.13. The monoisotopic (exact) mass is 377 g/mol. The van der Waals surface area contributed by atoms with Crippen LogP contribution in [-0.4, -0.2) is 27.5 Å². The number of hydrogen-bond donors (Lipinski definition) is 0. The van der Waals surface area contributed by atoms with Crippen molar-refractivity contribution in [2.24, 2.45) is 0 Å². The number of fused-ring (bicyclic) bond motifs is 1. The molecule has 0 aliphatic carbocycles. The Morgan fingerprint density at radius 3 is 2.59 bits per heavy atom. The predicted molar refractivity (Wildman–Crippen MR) is 109 cm³/mol. The molecule has 4 rings (SSSR count). The largest absolute Gasteiger partial charge is 0.506 e. The van der Waals surface area contributed by atoms with E-state index in [1.165, 1.54) is 16.7 Å². The molecule has 5 heteroatoms. The summed E-state index contributed by atoms with van der Waals surface area (Å²) < 4.78 is 1.75. The van der Waals surface area contributed by atoms with Crippen LogP contribution in [0.25, 0.3) is 0 Å². The van der Waals surface area contributed by atoms with Crippen LogP contribution < -0.4 is 4.90 Å². The van der Waals surface area contributed by atoms with E-state index in [1.807, 2.05) is 49.6 Å². The van der Waals surface area contributed by atoms with Crippen molar-refractivity contribution >= 4 is 35.1 Å². The van der Waals surface area contributed by atoms with E-state index in [4.69, 9.17) is 0 Å². The summed E-state index contributed by atoms with van der Waals surface area (Å²) in [4.78, 5) is 27.8. The van der Waals surface area contributed by atoms with Crippen LogP contribution in [0, 0.1) is 20.8 Å². The molecule has 2 aliphatic heterocycles. The van der Waals surface area contributed by atoms with Crippen LogP contribution in [-0.2, 0) is 11.3 Å². The molecular formula is C22H21N2O2S+. The minimum Gasteiger partial charge on any atom is -0.244 e. The molecule has 0 fully saturated rings. The van der Waals surface area contributed by atoms with Crippen molar-refractivity contribution in [2.45, 2.75) is 32.6 Å². The summed E-state index contributed by atoms with van der Waals surface area (Å²) in [5.41, 5.74) is 5.74. The number of carbonyl (C=O) groups excluding carboxylic acids is 2. The summed E-state index contributed by atoms with van der Waals surface area (Å²) in [6.07, 6.45) is 1.89. The third-order valence-corrected chi connectivity index (χ3v) is 6.10. The van der Waals surface area contributed by atoms with Crippen molar-refractivity contribution in [1.29, 1.82) is 0 Å². The molecular weight excluding hydrogens is 356 g/mol. The second-order valence-corrected chi connectivity index (χ2v) is 8.02. The number of amides is 3. The van der Waals surface area contributed by atoms with Crippen molar-refractivity contribution in [3.63, 3.8) is 0 Å². The molecule has 0 bridgehead atoms. The van der Waals surface area contributed by atoms with Crippen LogP contribution in [0.3, 0.4) is 0 Å². The maximum Gasteiger partial charge on any atom is 0.506 e. The Morgan fingerprint density at radius 2 is 1.81 bits per heavy atom. The van der Waals surface area contributed by atoms with Crippen molar-refractivity contribution in [3.05, 3.63) is 76.2 Å². The molecule has 0 N–H and O–H groups in total. The normalized spacial score (nSPS) is 19.1. The number of imide groups is 1. The first-order valence-electron chi connectivity index (χ1n) is 8.93. The summed E-state index contributed by atoms with van der Waals surface area (Å²) in [7, 11) is 0. The van der Waals surface area contributed by atoms with E-state index in [-0.39, 0.29) is 17.2 Å². The number of allylic oxidation sites excluding steroid dienone is 1. The zero-order valence-electron chi connectivity index (χ0n) is 15.6. The van der Waals surface area contributed by atoms with Gasteiger partial charge in [-0.2, -0.15) is 9.37 Å². The SMILES string of the molecule is Cc1ccc(C)c(C[N+]2=C3C=CSC3C(=O)N(c3ccccc3C)C2=O)c1. The van der Waals surface area contributed by atoms with Gasteiger partial charge < -0.3 is 0 Å². The first kappa shape index (κ1) is 17.7. The minimum absolute atomic E-state index is 0.170. The van der Waals surface area contributed by atoms with Gasteiger partial charge in [-0.3, -0.25) is 0 Å². The number of para-hydroxylation sites is 1. The third kappa shape index (κ3) is 3.02. The third-order valence-electron chi connectivity index (χ3n) is 5.09. The van der Waals surface area contributed by atoms with Gasteiger partial charge in [-0.15, -0.1) is 16.7 Å². The molecule has 2 aromatic carbocycles. The second kappa shape index (κ2) is 6.82. The zero-order chi connectivity index (χ0) is 19.1. The number of anilines is 1. The highest BCUT2D eigenvalue weighted by atomic mass is 32.2. The number of nitrogens with zero attached hydrogens (tertiary/aromatic N) is 2. The standard InChI is InChI=1S/C22H21N2O2S/c1-14-8-9-15(2)17(12-14)13-23-19-10-11-27-20(19)21(25)24(22(23)26)18-7-5-4-6-16(18)3/h4-12,20H,13H2,1-3H3/q+1. The van der Waals surface area contributed by atoms with E-state index >= 15 is 0 Å². The van der Waals surface area contributed by atoms with Gasteiger partial charge in [0.15, 0.2) is 5.25 Å². The van der Waals surface area contributed by atoms with Crippen molar-refractivity contribution in [3.8, 4) is 0 Å². The second-order valence-electron chi connectivity index (χ2n) is 7.00. The number of urea groups is 1. The van der Waals surface area contributed by atoms with Crippen molar-refractivity contribution in [2.75, 3.05) is 4.90 Å². The Hall–Kier alpha value is -2.66. The van der Waals surface area contributed by atoms with E-state index in [2.05, 4.69) is 25.1 Å². The Balaban J connectivity index is 1.81. The molecule has 3 amide bonds. The molecule has 2 heterocycles. The van der Waals surface area contributed by atoms with E-state index < -0.39 is 0 Å². The molecule has 0 spiro atoms. The fourth-order valence-electron chi connectivity index (χ4n) is 3.54. The Labute approximate surface area is 163 Å². The lowest BCUT2D eigenvalue weighted by Gasteiger charge is -2.25. The molecule has 4 nitrogen and oxygen atoms in total. The quantitative estimate of drug-likeness (QED) is 0.746. The van der Waals surface area contributed by atoms with Gasteiger partial charge in [0.25, 0.3) is 0 Å². The molecule has 0 radical (unpaired) electrons. The predicted octanol–water partition coefficient (Wildman–Crippen LogP) is 4.36. The molecule has 1 unspecified atom stereocenters. The molecule has 0 saturated carbocycles. The van der Waals surface area contributed by atoms with Gasteiger partial charge in [-0.05, 0) is 55.0 Å². The van der Waals surface area contributed by atoms with E-state index in [9.17, 15) is 9.59 Å². The van der Waals surface area contributed by atoms with Crippen LogP contribution in [0.2, 0.25) is 0 Å². The Bertz CT molecular complexity index is 1020. The van der Waals surface area contributed by atoms with Crippen LogP contribution in [0.4, 0.5) is 10.5 Å². The van der Waals surface area contributed by atoms with Gasteiger partial charge in [-0.1, -0.05) is 42.0 Å². The van der Waals surface area contributed by atoms with Gasteiger partial charge in [0.2, 0.25) is 0 Å². The molecule has 1 atom stereocenters. The number of carbonyl (C=O) groups is 2. The van der Waals surface area contributed by atoms with Gasteiger partial charge in [-0.25, -0.2) is 4.79 Å². The number of hydrogen-bond acceptors (Lipinski definition) is 3. The molecule has 0 saturated heterocycles. The molecule has 2 aliphatic rings. The lowest BCUT2D eigenvalue weighted by atomic mass is 10.0. The number of benzene rings is 2. The molecule has 136 valence electrons. The summed E-state index contributed by atoms with van der Waals surface area (Å²) in [5.74, 6) is -0.170. The highest BCUT2D eigenvalue weighted by Crippen LogP contribution is 2.32. The molecule has 0 aromatic heterocycles. The summed E-state index contributed by atoms with van der Waals surface area (Å²) in [6.45, 7) is 6.48. The fraction of sp³-hybridized carbons (Fsp3) is 0.227. The first-order chi connectivity index (χ1) is 13.0. The highest BCUT2D eigenvalue weighted by Gasteiger charge is 2.50. The van der Waals surface area contributed by atoms with E-state index in [0.29, 0.717) is 12.2 Å². The topological polar surface area (TPSA) is 40.4 Å². The van der Waals surface area contributed by atoms with Gasteiger partial charge >= 0.3 is 11.9 Å². The zero-order valence-corrected chi connectivity index (χ0v) is 16.4. The highest BCUT2D eigenvalue weighted by molar-refractivity contribution is 8.04. The molecule has 2 aromatic rings. The lowest BCUT2D eigenvalue weighted by molar-refractivity contribution is -0.444. The van der Waals surface area contributed by atoms with E-state index in [1.54, 1.807) is 4.58 Å². The van der Waals surface area contributed by atoms with Gasteiger partial charge in [0.05, 0.1) is 0 Å². The Kier molecular flexibility index (Phi) is 4.48. The van der Waals surface area contributed by atoms with Crippen LogP contribution >= 0.6 is 11.8 Å². The summed E-state index contributed by atoms with van der Waals surface area (Å²) in [6, 6.07) is 13.5. The smallest absolute Gasteiger partial charge is 0.244 e. The number of thioether (sulfide) groups is 1. The number of aryl methyl sites for hydroxylation is 3. The van der Waals surface area contributed by atoms with E-state index in [0.717, 1.165) is 28.0 Å². The van der Waals surface area contributed by atoms with Crippen LogP contribution in [0.1, 0.15) is 22.3 Å². The summed E-state index contributed by atoms with van der Waals surface area (Å²) >= 11 is 1.46. The molecule has 27 heavy (non-hydrogen) atoms. The van der Waals surface area contributed by atoms with Crippen molar-refractivity contribution < 1.29 is 14.2 Å². The minimum atomic E-state index is -0.368. The van der Waals surface area contributed by atoms with Gasteiger partial charge in [0, 0.05) is 0 Å². The average molecular weight is 377 g/mol. The summed E-state index contributed by atoms with van der Waals surface area (Å²) in [5, 5.41) is 1.54. The first-order valence-corrected chi connectivity index (χ1v) is 9.88.